The molecule has 23 heavy (non-hydrogen) atoms. The van der Waals surface area contributed by atoms with Gasteiger partial charge in [-0.25, -0.2) is 13.1 Å². The summed E-state index contributed by atoms with van der Waals surface area (Å²) in [6.07, 6.45) is 0. The van der Waals surface area contributed by atoms with Crippen molar-refractivity contribution in [2.75, 3.05) is 6.61 Å². The first-order valence-electron chi connectivity index (χ1n) is 7.66. The van der Waals surface area contributed by atoms with Gasteiger partial charge in [-0.1, -0.05) is 18.2 Å². The number of benzene rings is 2. The fraction of sp³-hybridized carbons (Fsp3) is 0.333. The van der Waals surface area contributed by atoms with Gasteiger partial charge in [0, 0.05) is 6.04 Å². The van der Waals surface area contributed by atoms with Crippen LogP contribution in [0.25, 0.3) is 0 Å². The van der Waals surface area contributed by atoms with Crippen LogP contribution in [0.3, 0.4) is 0 Å². The molecule has 0 radical (unpaired) electrons. The Balaban J connectivity index is 2.17. The summed E-state index contributed by atoms with van der Waals surface area (Å²) >= 11 is 0. The lowest BCUT2D eigenvalue weighted by Gasteiger charge is -2.16. The minimum atomic E-state index is -3.55. The van der Waals surface area contributed by atoms with Crippen molar-refractivity contribution < 1.29 is 13.2 Å². The quantitative estimate of drug-likeness (QED) is 0.876. The maximum Gasteiger partial charge on any atom is 0.241 e. The van der Waals surface area contributed by atoms with Crippen LogP contribution < -0.4 is 9.46 Å². The highest BCUT2D eigenvalue weighted by atomic mass is 32.2. The van der Waals surface area contributed by atoms with Crippen LogP contribution in [0.4, 0.5) is 0 Å². The van der Waals surface area contributed by atoms with E-state index in [4.69, 9.17) is 4.74 Å². The highest BCUT2D eigenvalue weighted by Crippen LogP contribution is 2.21. The van der Waals surface area contributed by atoms with Gasteiger partial charge in [-0.3, -0.25) is 0 Å². The largest absolute Gasteiger partial charge is 0.494 e. The number of rotatable bonds is 6. The third kappa shape index (κ3) is 4.33. The third-order valence-corrected chi connectivity index (χ3v) is 5.35. The van der Waals surface area contributed by atoms with Crippen LogP contribution in [0.15, 0.2) is 47.4 Å². The Hall–Kier alpha value is -1.85. The lowest BCUT2D eigenvalue weighted by atomic mass is 10.1. The standard InChI is InChI=1S/C18H23NO3S/c1-5-22-17-9-7-16(8-10-17)15(4)19-23(20,21)18-11-6-13(2)14(3)12-18/h6-12,15,19H,5H2,1-4H3. The van der Waals surface area contributed by atoms with Gasteiger partial charge in [-0.05, 0) is 68.7 Å². The van der Waals surface area contributed by atoms with E-state index in [0.29, 0.717) is 11.5 Å². The van der Waals surface area contributed by atoms with E-state index in [1.165, 1.54) is 0 Å². The van der Waals surface area contributed by atoms with Crippen LogP contribution in [-0.2, 0) is 10.0 Å². The highest BCUT2D eigenvalue weighted by molar-refractivity contribution is 7.89. The highest BCUT2D eigenvalue weighted by Gasteiger charge is 2.18. The first-order valence-corrected chi connectivity index (χ1v) is 9.14. The number of nitrogens with one attached hydrogen (secondary N) is 1. The third-order valence-electron chi connectivity index (χ3n) is 3.81. The van der Waals surface area contributed by atoms with Crippen LogP contribution in [-0.4, -0.2) is 15.0 Å². The Kier molecular flexibility index (Phi) is 5.44. The zero-order valence-electron chi connectivity index (χ0n) is 14.0. The predicted molar refractivity (Wildman–Crippen MR) is 92.3 cm³/mol. The Morgan fingerprint density at radius 1 is 1.04 bits per heavy atom. The number of ether oxygens (including phenoxy) is 1. The van der Waals surface area contributed by atoms with Crippen molar-refractivity contribution in [3.8, 4) is 5.75 Å². The van der Waals surface area contributed by atoms with Crippen molar-refractivity contribution in [1.82, 2.24) is 4.72 Å². The Bertz CT molecular complexity index is 767. The SMILES string of the molecule is CCOc1ccc(C(C)NS(=O)(=O)c2ccc(C)c(C)c2)cc1. The summed E-state index contributed by atoms with van der Waals surface area (Å²) in [5.74, 6) is 0.778. The van der Waals surface area contributed by atoms with E-state index >= 15 is 0 Å². The van der Waals surface area contributed by atoms with Crippen LogP contribution in [0.2, 0.25) is 0 Å². The summed E-state index contributed by atoms with van der Waals surface area (Å²) in [6, 6.07) is 12.3. The number of aryl methyl sites for hydroxylation is 2. The molecule has 2 rings (SSSR count). The van der Waals surface area contributed by atoms with E-state index in [1.807, 2.05) is 58.0 Å². The molecule has 0 fully saturated rings. The molecule has 0 heterocycles. The normalized spacial score (nSPS) is 12.9. The van der Waals surface area contributed by atoms with Gasteiger partial charge in [0.2, 0.25) is 10.0 Å². The summed E-state index contributed by atoms with van der Waals surface area (Å²) in [4.78, 5) is 0.290. The average Bonchev–Trinajstić information content (AvgIpc) is 2.50. The molecule has 1 atom stereocenters. The van der Waals surface area contributed by atoms with Crippen LogP contribution in [0, 0.1) is 13.8 Å². The molecule has 0 spiro atoms. The fourth-order valence-electron chi connectivity index (χ4n) is 2.27. The summed E-state index contributed by atoms with van der Waals surface area (Å²) < 4.78 is 33.1. The second-order valence-electron chi connectivity index (χ2n) is 5.59. The van der Waals surface area contributed by atoms with Gasteiger partial charge in [-0.2, -0.15) is 0 Å². The monoisotopic (exact) mass is 333 g/mol. The van der Waals surface area contributed by atoms with Gasteiger partial charge in [0.15, 0.2) is 0 Å². The Labute approximate surface area is 138 Å². The smallest absolute Gasteiger partial charge is 0.241 e. The van der Waals surface area contributed by atoms with Gasteiger partial charge in [0.05, 0.1) is 11.5 Å². The van der Waals surface area contributed by atoms with Gasteiger partial charge in [0.25, 0.3) is 0 Å². The summed E-state index contributed by atoms with van der Waals surface area (Å²) in [7, 11) is -3.55. The minimum Gasteiger partial charge on any atom is -0.494 e. The number of hydrogen-bond acceptors (Lipinski definition) is 3. The molecular formula is C18H23NO3S. The van der Waals surface area contributed by atoms with E-state index in [1.54, 1.807) is 12.1 Å². The van der Waals surface area contributed by atoms with Crippen molar-refractivity contribution in [2.24, 2.45) is 0 Å². The topological polar surface area (TPSA) is 55.4 Å². The van der Waals surface area contributed by atoms with Crippen molar-refractivity contribution in [1.29, 1.82) is 0 Å². The van der Waals surface area contributed by atoms with Gasteiger partial charge in [-0.15, -0.1) is 0 Å². The van der Waals surface area contributed by atoms with E-state index in [9.17, 15) is 8.42 Å². The molecule has 4 nitrogen and oxygen atoms in total. The van der Waals surface area contributed by atoms with Crippen LogP contribution >= 0.6 is 0 Å². The Morgan fingerprint density at radius 3 is 2.26 bits per heavy atom. The molecule has 1 unspecified atom stereocenters. The summed E-state index contributed by atoms with van der Waals surface area (Å²) in [6.45, 7) is 8.22. The first kappa shape index (κ1) is 17.5. The second kappa shape index (κ2) is 7.15. The molecule has 5 heteroatoms. The second-order valence-corrected chi connectivity index (χ2v) is 7.31. The first-order chi connectivity index (χ1) is 10.8. The van der Waals surface area contributed by atoms with E-state index in [-0.39, 0.29) is 6.04 Å². The average molecular weight is 333 g/mol. The summed E-state index contributed by atoms with van der Waals surface area (Å²) in [5, 5.41) is 0. The predicted octanol–water partition coefficient (Wildman–Crippen LogP) is 3.74. The molecule has 0 saturated heterocycles. The van der Waals surface area contributed by atoms with Gasteiger partial charge in [0.1, 0.15) is 5.75 Å². The van der Waals surface area contributed by atoms with Gasteiger partial charge < -0.3 is 4.74 Å². The molecule has 0 saturated carbocycles. The molecule has 0 bridgehead atoms. The minimum absolute atomic E-state index is 0.290. The molecule has 2 aromatic carbocycles. The van der Waals surface area contributed by atoms with E-state index in [0.717, 1.165) is 22.4 Å². The summed E-state index contributed by atoms with van der Waals surface area (Å²) in [5.41, 5.74) is 2.92. The molecule has 1 N–H and O–H groups in total. The van der Waals surface area contributed by atoms with Crippen molar-refractivity contribution in [3.05, 3.63) is 59.2 Å². The van der Waals surface area contributed by atoms with Crippen molar-refractivity contribution in [3.63, 3.8) is 0 Å². The van der Waals surface area contributed by atoms with Crippen molar-refractivity contribution in [2.45, 2.75) is 38.6 Å². The molecule has 0 aliphatic carbocycles. The lowest BCUT2D eigenvalue weighted by Crippen LogP contribution is -2.27. The molecule has 0 aliphatic rings. The maximum atomic E-state index is 12.5. The lowest BCUT2D eigenvalue weighted by molar-refractivity contribution is 0.340. The van der Waals surface area contributed by atoms with E-state index in [2.05, 4.69) is 4.72 Å². The molecule has 0 aliphatic heterocycles. The number of hydrogen-bond donors (Lipinski definition) is 1. The molecular weight excluding hydrogens is 310 g/mol. The van der Waals surface area contributed by atoms with Crippen LogP contribution in [0.5, 0.6) is 5.75 Å². The fourth-order valence-corrected chi connectivity index (χ4v) is 3.59. The molecule has 2 aromatic rings. The zero-order valence-corrected chi connectivity index (χ0v) is 14.8. The maximum absolute atomic E-state index is 12.5. The van der Waals surface area contributed by atoms with Crippen molar-refractivity contribution >= 4 is 10.0 Å². The zero-order chi connectivity index (χ0) is 17.0. The van der Waals surface area contributed by atoms with Crippen LogP contribution in [0.1, 0.15) is 36.6 Å². The van der Waals surface area contributed by atoms with E-state index < -0.39 is 10.0 Å². The van der Waals surface area contributed by atoms with Gasteiger partial charge >= 0.3 is 0 Å². The molecule has 0 amide bonds. The number of sulfonamides is 1. The molecule has 124 valence electrons. The molecule has 0 aromatic heterocycles. The Morgan fingerprint density at radius 2 is 1.70 bits per heavy atom.